The fraction of sp³-hybridized carbons (Fsp3) is 0.636. The molecule has 0 radical (unpaired) electrons. The van der Waals surface area contributed by atoms with Gasteiger partial charge in [0, 0.05) is 33.5 Å². The Labute approximate surface area is 174 Å². The summed E-state index contributed by atoms with van der Waals surface area (Å²) in [5, 5.41) is 11.0. The van der Waals surface area contributed by atoms with Gasteiger partial charge in [-0.25, -0.2) is 0 Å². The minimum atomic E-state index is -0.771. The summed E-state index contributed by atoms with van der Waals surface area (Å²) in [4.78, 5) is 0. The lowest BCUT2D eigenvalue weighted by atomic mass is 9.93. The molecule has 1 aromatic carbocycles. The van der Waals surface area contributed by atoms with Gasteiger partial charge in [0.05, 0.1) is 11.7 Å². The highest BCUT2D eigenvalue weighted by Gasteiger charge is 2.23. The Bertz CT molecular complexity index is 582. The van der Waals surface area contributed by atoms with Crippen molar-refractivity contribution in [1.29, 1.82) is 0 Å². The van der Waals surface area contributed by atoms with E-state index in [1.165, 1.54) is 19.8 Å². The van der Waals surface area contributed by atoms with E-state index in [0.717, 1.165) is 12.8 Å². The molecule has 0 aliphatic heterocycles. The van der Waals surface area contributed by atoms with Crippen LogP contribution < -0.4 is 14.2 Å². The third kappa shape index (κ3) is 9.49. The minimum Gasteiger partial charge on any atom is -0.467 e. The number of aliphatic hydroxyl groups excluding tert-OH is 1. The normalized spacial score (nSPS) is 12.9. The molecule has 2 unspecified atom stereocenters. The van der Waals surface area contributed by atoms with Gasteiger partial charge >= 0.3 is 0 Å². The van der Waals surface area contributed by atoms with Gasteiger partial charge in [0.1, 0.15) is 17.2 Å². The van der Waals surface area contributed by atoms with E-state index in [0.29, 0.717) is 35.2 Å². The molecule has 0 heterocycles. The van der Waals surface area contributed by atoms with Gasteiger partial charge in [-0.05, 0) is 39.0 Å². The number of allylic oxidation sites excluding steroid dienone is 2. The average Bonchev–Trinajstić information content (AvgIpc) is 2.68. The molecular formula is C22H36O7. The van der Waals surface area contributed by atoms with Crippen molar-refractivity contribution < 1.29 is 33.5 Å². The minimum absolute atomic E-state index is 0.0350. The second-order valence-electron chi connectivity index (χ2n) is 7.20. The lowest BCUT2D eigenvalue weighted by Crippen LogP contribution is -2.12. The first-order valence-electron chi connectivity index (χ1n) is 9.77. The van der Waals surface area contributed by atoms with Crippen LogP contribution in [0.25, 0.3) is 0 Å². The predicted molar refractivity (Wildman–Crippen MR) is 111 cm³/mol. The van der Waals surface area contributed by atoms with E-state index in [1.807, 2.05) is 0 Å². The van der Waals surface area contributed by atoms with Crippen LogP contribution >= 0.6 is 0 Å². The van der Waals surface area contributed by atoms with Crippen molar-refractivity contribution in [2.24, 2.45) is 5.92 Å². The Balaban J connectivity index is 3.11. The van der Waals surface area contributed by atoms with Crippen LogP contribution in [-0.4, -0.2) is 46.8 Å². The molecule has 2 atom stereocenters. The SMILES string of the molecule is COCOc1cc(OCOC)c(C(O)CC(C)CCC=C(C)C)c(OCOC)c1. The fourth-order valence-corrected chi connectivity index (χ4v) is 2.87. The quantitative estimate of drug-likeness (QED) is 0.337. The summed E-state index contributed by atoms with van der Waals surface area (Å²) in [6, 6.07) is 3.40. The number of hydrogen-bond acceptors (Lipinski definition) is 7. The van der Waals surface area contributed by atoms with Crippen molar-refractivity contribution in [2.45, 2.75) is 46.1 Å². The summed E-state index contributed by atoms with van der Waals surface area (Å²) < 4.78 is 32.0. The van der Waals surface area contributed by atoms with Crippen molar-refractivity contribution in [3.05, 3.63) is 29.3 Å². The maximum Gasteiger partial charge on any atom is 0.188 e. The average molecular weight is 413 g/mol. The predicted octanol–water partition coefficient (Wildman–Crippen LogP) is 4.44. The van der Waals surface area contributed by atoms with E-state index in [2.05, 4.69) is 26.8 Å². The third-order valence-electron chi connectivity index (χ3n) is 4.26. The fourth-order valence-electron chi connectivity index (χ4n) is 2.87. The number of hydrogen-bond donors (Lipinski definition) is 1. The van der Waals surface area contributed by atoms with Crippen LogP contribution in [0.3, 0.4) is 0 Å². The molecule has 0 amide bonds. The molecule has 0 aromatic heterocycles. The van der Waals surface area contributed by atoms with E-state index in [4.69, 9.17) is 28.4 Å². The molecule has 7 nitrogen and oxygen atoms in total. The number of methoxy groups -OCH3 is 3. The summed E-state index contributed by atoms with van der Waals surface area (Å²) in [7, 11) is 4.61. The Hall–Kier alpha value is -1.80. The van der Waals surface area contributed by atoms with Crippen molar-refractivity contribution in [2.75, 3.05) is 41.7 Å². The molecule has 7 heteroatoms. The maximum absolute atomic E-state index is 11.0. The molecule has 1 N–H and O–H groups in total. The van der Waals surface area contributed by atoms with Crippen molar-refractivity contribution in [3.8, 4) is 17.2 Å². The molecule has 0 fully saturated rings. The Morgan fingerprint density at radius 1 is 0.931 bits per heavy atom. The Morgan fingerprint density at radius 3 is 1.93 bits per heavy atom. The van der Waals surface area contributed by atoms with Crippen molar-refractivity contribution in [3.63, 3.8) is 0 Å². The first-order chi connectivity index (χ1) is 13.9. The van der Waals surface area contributed by atoms with Gasteiger partial charge in [0.25, 0.3) is 0 Å². The van der Waals surface area contributed by atoms with Crippen LogP contribution in [-0.2, 0) is 14.2 Å². The summed E-state index contributed by atoms with van der Waals surface area (Å²) in [6.07, 6.45) is 3.99. The molecule has 29 heavy (non-hydrogen) atoms. The van der Waals surface area contributed by atoms with Crippen LogP contribution in [0.4, 0.5) is 0 Å². The van der Waals surface area contributed by atoms with Gasteiger partial charge in [-0.1, -0.05) is 18.6 Å². The molecule has 0 aliphatic rings. The van der Waals surface area contributed by atoms with Gasteiger partial charge in [0.15, 0.2) is 20.4 Å². The largest absolute Gasteiger partial charge is 0.467 e. The molecule has 0 saturated heterocycles. The van der Waals surface area contributed by atoms with Crippen molar-refractivity contribution in [1.82, 2.24) is 0 Å². The highest BCUT2D eigenvalue weighted by molar-refractivity contribution is 5.52. The number of aliphatic hydroxyl groups is 1. The van der Waals surface area contributed by atoms with Crippen LogP contribution in [0.5, 0.6) is 17.2 Å². The molecule has 0 bridgehead atoms. The van der Waals surface area contributed by atoms with Gasteiger partial charge in [-0.15, -0.1) is 0 Å². The van der Waals surface area contributed by atoms with E-state index < -0.39 is 6.10 Å². The van der Waals surface area contributed by atoms with Crippen LogP contribution in [0.1, 0.15) is 51.7 Å². The first kappa shape index (κ1) is 25.2. The second kappa shape index (κ2) is 14.2. The van der Waals surface area contributed by atoms with Crippen LogP contribution in [0, 0.1) is 5.92 Å². The van der Waals surface area contributed by atoms with Gasteiger partial charge in [0.2, 0.25) is 0 Å². The molecular weight excluding hydrogens is 376 g/mol. The van der Waals surface area contributed by atoms with E-state index in [1.54, 1.807) is 19.2 Å². The molecule has 0 spiro atoms. The summed E-state index contributed by atoms with van der Waals surface area (Å²) in [6.45, 7) is 6.46. The van der Waals surface area contributed by atoms with E-state index in [-0.39, 0.29) is 20.4 Å². The molecule has 0 aliphatic carbocycles. The van der Waals surface area contributed by atoms with E-state index >= 15 is 0 Å². The lowest BCUT2D eigenvalue weighted by Gasteiger charge is -2.23. The number of rotatable bonds is 15. The third-order valence-corrected chi connectivity index (χ3v) is 4.26. The lowest BCUT2D eigenvalue weighted by molar-refractivity contribution is 0.0352. The smallest absolute Gasteiger partial charge is 0.188 e. The number of benzene rings is 1. The Kier molecular flexibility index (Phi) is 12.4. The summed E-state index contributed by atoms with van der Waals surface area (Å²) >= 11 is 0. The molecule has 1 aromatic rings. The van der Waals surface area contributed by atoms with Crippen LogP contribution in [0.15, 0.2) is 23.8 Å². The highest BCUT2D eigenvalue weighted by Crippen LogP contribution is 2.41. The van der Waals surface area contributed by atoms with Gasteiger partial charge in [-0.2, -0.15) is 0 Å². The monoisotopic (exact) mass is 412 g/mol. The van der Waals surface area contributed by atoms with Crippen LogP contribution in [0.2, 0.25) is 0 Å². The second-order valence-corrected chi connectivity index (χ2v) is 7.20. The van der Waals surface area contributed by atoms with Gasteiger partial charge in [-0.3, -0.25) is 0 Å². The van der Waals surface area contributed by atoms with E-state index in [9.17, 15) is 5.11 Å². The standard InChI is InChI=1S/C22H36O7/c1-16(2)8-7-9-17(3)10-19(23)22-20(28-14-25-5)11-18(27-13-24-4)12-21(22)29-15-26-6/h8,11-12,17,19,23H,7,9-10,13-15H2,1-6H3. The first-order valence-corrected chi connectivity index (χ1v) is 9.77. The summed E-state index contributed by atoms with van der Waals surface area (Å²) in [5.41, 5.74) is 1.85. The number of ether oxygens (including phenoxy) is 6. The maximum atomic E-state index is 11.0. The highest BCUT2D eigenvalue weighted by atomic mass is 16.7. The Morgan fingerprint density at radius 2 is 1.45 bits per heavy atom. The van der Waals surface area contributed by atoms with Crippen molar-refractivity contribution >= 4 is 0 Å². The molecule has 0 saturated carbocycles. The zero-order valence-corrected chi connectivity index (χ0v) is 18.5. The zero-order valence-electron chi connectivity index (χ0n) is 18.5. The topological polar surface area (TPSA) is 75.6 Å². The van der Waals surface area contributed by atoms with Gasteiger partial charge < -0.3 is 33.5 Å². The molecule has 166 valence electrons. The zero-order chi connectivity index (χ0) is 21.6. The summed E-state index contributed by atoms with van der Waals surface area (Å²) in [5.74, 6) is 1.69. The molecule has 1 rings (SSSR count).